The molecule has 16 heteroatoms. The number of aliphatic carboxylic acids is 2. The molecule has 4 N–H and O–H groups in total. The number of anilines is 1. The van der Waals surface area contributed by atoms with E-state index in [4.69, 9.17) is 19.8 Å². The van der Waals surface area contributed by atoms with Gasteiger partial charge in [-0.3, -0.25) is 10.00 Å². The van der Waals surface area contributed by atoms with Crippen LogP contribution in [-0.2, 0) is 16.1 Å². The summed E-state index contributed by atoms with van der Waals surface area (Å²) in [5, 5.41) is 25.2. The van der Waals surface area contributed by atoms with Gasteiger partial charge in [-0.15, -0.1) is 0 Å². The number of H-pyrrole nitrogens is 1. The molecule has 0 unspecified atom stereocenters. The lowest BCUT2D eigenvalue weighted by Crippen LogP contribution is -2.51. The van der Waals surface area contributed by atoms with E-state index in [9.17, 15) is 26.3 Å². The fourth-order valence-corrected chi connectivity index (χ4v) is 4.44. The molecule has 2 fully saturated rings. The molecule has 218 valence electrons. The standard InChI is InChI=1S/C19H28N6.2C2HF3O2/c1-13-8-14(2)21-18(20-13)22-17-10-19(11-17)4-6-25(7-5-19)12-16-9-15(3)23-24-16;2*3-2(4,5)1(6)7/h8-9,17H,4-7,10-12H2,1-3H3,(H,23,24)(H,20,21,22);2*(H,6,7). The molecule has 0 bridgehead atoms. The lowest BCUT2D eigenvalue weighted by Gasteiger charge is -2.52. The molecule has 2 aliphatic rings. The maximum atomic E-state index is 10.6. The zero-order valence-corrected chi connectivity index (χ0v) is 21.4. The Hall–Kier alpha value is -3.43. The molecular weight excluding hydrogens is 538 g/mol. The van der Waals surface area contributed by atoms with Crippen LogP contribution in [0.15, 0.2) is 12.1 Å². The zero-order chi connectivity index (χ0) is 29.6. The van der Waals surface area contributed by atoms with Crippen molar-refractivity contribution in [2.45, 2.75) is 71.4 Å². The molecule has 2 aromatic rings. The number of likely N-dealkylation sites (tertiary alicyclic amines) is 1. The largest absolute Gasteiger partial charge is 0.490 e. The molecule has 10 nitrogen and oxygen atoms in total. The number of carbonyl (C=O) groups is 2. The van der Waals surface area contributed by atoms with E-state index in [0.29, 0.717) is 11.5 Å². The maximum absolute atomic E-state index is 10.6. The number of aromatic nitrogens is 4. The van der Waals surface area contributed by atoms with Gasteiger partial charge in [0.1, 0.15) is 0 Å². The van der Waals surface area contributed by atoms with Gasteiger partial charge < -0.3 is 15.5 Å². The number of piperidine rings is 1. The van der Waals surface area contributed by atoms with E-state index in [0.717, 1.165) is 35.3 Å². The normalized spacial score (nSPS) is 17.3. The second-order valence-corrected chi connectivity index (χ2v) is 9.65. The number of nitrogens with one attached hydrogen (secondary N) is 2. The van der Waals surface area contributed by atoms with E-state index in [-0.39, 0.29) is 0 Å². The predicted octanol–water partition coefficient (Wildman–Crippen LogP) is 4.25. The average molecular weight is 569 g/mol. The van der Waals surface area contributed by atoms with Crippen LogP contribution in [0, 0.1) is 26.2 Å². The number of alkyl halides is 6. The van der Waals surface area contributed by atoms with Crippen LogP contribution in [0.1, 0.15) is 48.5 Å². The molecule has 1 saturated heterocycles. The highest BCUT2D eigenvalue weighted by Gasteiger charge is 2.46. The van der Waals surface area contributed by atoms with Crippen LogP contribution in [0.5, 0.6) is 0 Å². The molecule has 4 rings (SSSR count). The van der Waals surface area contributed by atoms with Crippen molar-refractivity contribution in [3.63, 3.8) is 0 Å². The maximum Gasteiger partial charge on any atom is 0.490 e. The minimum atomic E-state index is -5.08. The van der Waals surface area contributed by atoms with Crippen LogP contribution in [0.2, 0.25) is 0 Å². The van der Waals surface area contributed by atoms with E-state index in [1.165, 1.54) is 38.8 Å². The minimum Gasteiger partial charge on any atom is -0.475 e. The Morgan fingerprint density at radius 2 is 1.44 bits per heavy atom. The third kappa shape index (κ3) is 10.3. The highest BCUT2D eigenvalue weighted by atomic mass is 19.4. The Labute approximate surface area is 219 Å². The summed E-state index contributed by atoms with van der Waals surface area (Å²) in [6, 6.07) is 4.70. The molecule has 1 aliphatic heterocycles. The number of aryl methyl sites for hydroxylation is 3. The number of carboxylic acid groups (broad SMARTS) is 2. The Balaban J connectivity index is 0.000000317. The monoisotopic (exact) mass is 568 g/mol. The van der Waals surface area contributed by atoms with Crippen molar-refractivity contribution in [3.8, 4) is 0 Å². The Morgan fingerprint density at radius 1 is 0.974 bits per heavy atom. The second kappa shape index (κ2) is 12.6. The molecular formula is C23H30F6N6O4. The second-order valence-electron chi connectivity index (χ2n) is 9.65. The fourth-order valence-electron chi connectivity index (χ4n) is 4.44. The van der Waals surface area contributed by atoms with Crippen LogP contribution in [0.25, 0.3) is 0 Å². The molecule has 0 atom stereocenters. The van der Waals surface area contributed by atoms with Crippen molar-refractivity contribution < 1.29 is 46.1 Å². The van der Waals surface area contributed by atoms with Crippen LogP contribution < -0.4 is 5.32 Å². The quantitative estimate of drug-likeness (QED) is 0.398. The van der Waals surface area contributed by atoms with Crippen LogP contribution in [-0.4, -0.2) is 78.7 Å². The Bertz CT molecular complexity index is 1080. The molecule has 0 radical (unpaired) electrons. The van der Waals surface area contributed by atoms with Gasteiger partial charge in [0.15, 0.2) is 0 Å². The van der Waals surface area contributed by atoms with Crippen molar-refractivity contribution in [1.82, 2.24) is 25.1 Å². The SMILES string of the molecule is Cc1cc(C)nc(NC2CC3(CCN(Cc4cc(C)[nH]n4)CC3)C2)n1.O=C(O)C(F)(F)F.O=C(O)C(F)(F)F. The third-order valence-corrected chi connectivity index (χ3v) is 6.22. The average Bonchev–Trinajstić information content (AvgIpc) is 3.17. The first-order valence-electron chi connectivity index (χ1n) is 11.8. The number of carboxylic acids is 2. The van der Waals surface area contributed by atoms with Crippen LogP contribution in [0.4, 0.5) is 32.3 Å². The summed E-state index contributed by atoms with van der Waals surface area (Å²) in [5.74, 6) is -4.72. The van der Waals surface area contributed by atoms with E-state index >= 15 is 0 Å². The van der Waals surface area contributed by atoms with E-state index in [1.807, 2.05) is 19.9 Å². The highest BCUT2D eigenvalue weighted by molar-refractivity contribution is 5.73. The fraction of sp³-hybridized carbons (Fsp3) is 0.609. The molecule has 3 heterocycles. The first-order valence-corrected chi connectivity index (χ1v) is 11.8. The summed E-state index contributed by atoms with van der Waals surface area (Å²) >= 11 is 0. The van der Waals surface area contributed by atoms with Crippen molar-refractivity contribution in [3.05, 3.63) is 34.9 Å². The van der Waals surface area contributed by atoms with Gasteiger partial charge in [0.2, 0.25) is 5.95 Å². The lowest BCUT2D eigenvalue weighted by atomic mass is 9.60. The number of hydrogen-bond donors (Lipinski definition) is 4. The van der Waals surface area contributed by atoms with Crippen LogP contribution >= 0.6 is 0 Å². The number of hydrogen-bond acceptors (Lipinski definition) is 7. The summed E-state index contributed by atoms with van der Waals surface area (Å²) in [6.07, 6.45) is -5.08. The first kappa shape index (κ1) is 31.8. The number of nitrogens with zero attached hydrogens (tertiary/aromatic N) is 4. The number of aromatic amines is 1. The van der Waals surface area contributed by atoms with Gasteiger partial charge in [0.25, 0.3) is 0 Å². The van der Waals surface area contributed by atoms with Gasteiger partial charge in [-0.05, 0) is 77.1 Å². The van der Waals surface area contributed by atoms with Crippen molar-refractivity contribution in [2.75, 3.05) is 18.4 Å². The highest BCUT2D eigenvalue weighted by Crippen LogP contribution is 2.49. The lowest BCUT2D eigenvalue weighted by molar-refractivity contribution is -0.193. The third-order valence-electron chi connectivity index (χ3n) is 6.22. The Kier molecular flexibility index (Phi) is 10.3. The molecule has 1 aliphatic carbocycles. The summed E-state index contributed by atoms with van der Waals surface area (Å²) in [7, 11) is 0. The van der Waals surface area contributed by atoms with Gasteiger partial charge in [0.05, 0.1) is 5.69 Å². The minimum absolute atomic E-state index is 0.529. The molecule has 1 saturated carbocycles. The number of rotatable bonds is 4. The molecule has 0 aromatic carbocycles. The zero-order valence-electron chi connectivity index (χ0n) is 21.4. The summed E-state index contributed by atoms with van der Waals surface area (Å²) < 4.78 is 63.5. The van der Waals surface area contributed by atoms with Gasteiger partial charge in [-0.1, -0.05) is 0 Å². The van der Waals surface area contributed by atoms with Gasteiger partial charge in [-0.25, -0.2) is 19.6 Å². The summed E-state index contributed by atoms with van der Waals surface area (Å²) in [4.78, 5) is 29.3. The topological polar surface area (TPSA) is 144 Å². The van der Waals surface area contributed by atoms with E-state index in [2.05, 4.69) is 43.4 Å². The molecule has 39 heavy (non-hydrogen) atoms. The van der Waals surface area contributed by atoms with E-state index in [1.54, 1.807) is 0 Å². The molecule has 1 spiro atoms. The summed E-state index contributed by atoms with van der Waals surface area (Å²) in [5.41, 5.74) is 4.91. The van der Waals surface area contributed by atoms with Gasteiger partial charge in [0, 0.05) is 29.7 Å². The van der Waals surface area contributed by atoms with Crippen molar-refractivity contribution in [1.29, 1.82) is 0 Å². The van der Waals surface area contributed by atoms with Crippen LogP contribution in [0.3, 0.4) is 0 Å². The predicted molar refractivity (Wildman–Crippen MR) is 126 cm³/mol. The van der Waals surface area contributed by atoms with Gasteiger partial charge >= 0.3 is 24.3 Å². The molecule has 0 amide bonds. The van der Waals surface area contributed by atoms with Gasteiger partial charge in [-0.2, -0.15) is 31.4 Å². The number of halogens is 6. The molecule has 2 aromatic heterocycles. The summed E-state index contributed by atoms with van der Waals surface area (Å²) in [6.45, 7) is 9.44. The van der Waals surface area contributed by atoms with Crippen molar-refractivity contribution >= 4 is 17.9 Å². The first-order chi connectivity index (χ1) is 17.9. The smallest absolute Gasteiger partial charge is 0.475 e. The van der Waals surface area contributed by atoms with E-state index < -0.39 is 24.3 Å². The Morgan fingerprint density at radius 3 is 1.82 bits per heavy atom. The van der Waals surface area contributed by atoms with Crippen molar-refractivity contribution in [2.24, 2.45) is 5.41 Å².